The summed E-state index contributed by atoms with van der Waals surface area (Å²) in [5.41, 5.74) is 0.993. The Morgan fingerprint density at radius 3 is 2.11 bits per heavy atom. The molecule has 5 rings (SSSR count). The lowest BCUT2D eigenvalue weighted by atomic mass is 9.86. The first kappa shape index (κ1) is 29.7. The second kappa shape index (κ2) is 13.0. The number of carbonyl (C=O) groups excluding carboxylic acids is 1. The molecule has 1 aliphatic carbocycles. The first-order chi connectivity index (χ1) is 21.2. The molecule has 0 aliphatic heterocycles. The molecule has 1 atom stereocenters. The van der Waals surface area contributed by atoms with E-state index in [1.54, 1.807) is 18.2 Å². The summed E-state index contributed by atoms with van der Waals surface area (Å²) in [5, 5.41) is 33.3. The summed E-state index contributed by atoms with van der Waals surface area (Å²) >= 11 is 0. The molecule has 0 bridgehead atoms. The van der Waals surface area contributed by atoms with Gasteiger partial charge in [-0.25, -0.2) is 14.4 Å². The number of oxime groups is 1. The van der Waals surface area contributed by atoms with Crippen molar-refractivity contribution < 1.29 is 39.3 Å². The van der Waals surface area contributed by atoms with Crippen LogP contribution in [0.15, 0.2) is 96.2 Å². The zero-order chi connectivity index (χ0) is 31.2. The zero-order valence-electron chi connectivity index (χ0n) is 23.4. The van der Waals surface area contributed by atoms with Gasteiger partial charge in [0.05, 0.1) is 34.5 Å². The minimum absolute atomic E-state index is 0.0567. The maximum absolute atomic E-state index is 14.3. The van der Waals surface area contributed by atoms with E-state index in [2.05, 4.69) is 5.16 Å². The van der Waals surface area contributed by atoms with Gasteiger partial charge in [-0.05, 0) is 71.8 Å². The molecule has 0 unspecified atom stereocenters. The number of rotatable bonds is 10. The third-order valence-electron chi connectivity index (χ3n) is 7.46. The van der Waals surface area contributed by atoms with E-state index in [0.29, 0.717) is 23.3 Å². The van der Waals surface area contributed by atoms with Gasteiger partial charge < -0.3 is 25.1 Å². The molecule has 1 aliphatic rings. The molecule has 4 aromatic carbocycles. The highest BCUT2D eigenvalue weighted by Crippen LogP contribution is 2.37. The largest absolute Gasteiger partial charge is 0.478 e. The number of nitrogens with zero attached hydrogens (tertiary/aromatic N) is 2. The Bertz CT molecular complexity index is 1770. The van der Waals surface area contributed by atoms with Gasteiger partial charge in [-0.15, -0.1) is 0 Å². The van der Waals surface area contributed by atoms with Crippen molar-refractivity contribution in [2.45, 2.75) is 31.8 Å². The highest BCUT2D eigenvalue weighted by molar-refractivity contribution is 6.10. The smallest absolute Gasteiger partial charge is 0.336 e. The van der Waals surface area contributed by atoms with E-state index in [0.717, 1.165) is 36.1 Å². The maximum atomic E-state index is 14.3. The van der Waals surface area contributed by atoms with Crippen LogP contribution in [0.5, 0.6) is 5.75 Å². The van der Waals surface area contributed by atoms with Gasteiger partial charge >= 0.3 is 17.9 Å². The van der Waals surface area contributed by atoms with E-state index < -0.39 is 52.1 Å². The van der Waals surface area contributed by atoms with Crippen LogP contribution in [0.2, 0.25) is 0 Å². The van der Waals surface area contributed by atoms with Gasteiger partial charge in [-0.3, -0.25) is 4.79 Å². The Hall–Kier alpha value is -5.77. The van der Waals surface area contributed by atoms with Crippen molar-refractivity contribution in [3.8, 4) is 5.75 Å². The van der Waals surface area contributed by atoms with Crippen molar-refractivity contribution in [2.75, 3.05) is 0 Å². The number of carbonyl (C=O) groups is 4. The van der Waals surface area contributed by atoms with Crippen molar-refractivity contribution >= 4 is 30.0 Å². The van der Waals surface area contributed by atoms with Crippen LogP contribution in [0.25, 0.3) is 0 Å². The number of fused-ring (bicyclic) bond motifs is 1. The molecule has 0 aromatic heterocycles. The molecule has 10 nitrogen and oxygen atoms in total. The highest BCUT2D eigenvalue weighted by atomic mass is 16.6. The number of para-hydroxylation sites is 1. The standard InChI is InChI=1S/C34H28N2O8/c37-31(26-17-28(33(40)41)29(34(42)43)18-27(26)32(38)39)36(30-15-7-11-23-10-4-5-14-25(23)30)20-22-9-6-8-21(16-22)19-35-44-24-12-2-1-3-13-24/h1-6,8-10,12-14,16-19,30H,7,11,15,20H2,(H,38,39)(H,40,41)(H,42,43)/t30-/m0/s1. The number of aromatic carboxylic acids is 3. The van der Waals surface area contributed by atoms with Crippen molar-refractivity contribution in [1.29, 1.82) is 0 Å². The fraction of sp³-hybridized carbons (Fsp3) is 0.147. The Balaban J connectivity index is 1.56. The lowest BCUT2D eigenvalue weighted by Gasteiger charge is -2.36. The number of carboxylic acid groups (broad SMARTS) is 3. The molecule has 1 amide bonds. The molecule has 0 saturated carbocycles. The minimum atomic E-state index is -1.61. The quantitative estimate of drug-likeness (QED) is 0.152. The second-order valence-corrected chi connectivity index (χ2v) is 10.3. The average molecular weight is 593 g/mol. The molecule has 0 spiro atoms. The van der Waals surface area contributed by atoms with Gasteiger partial charge in [0.1, 0.15) is 0 Å². The lowest BCUT2D eigenvalue weighted by molar-refractivity contribution is 0.0611. The van der Waals surface area contributed by atoms with Gasteiger partial charge in [0, 0.05) is 6.54 Å². The van der Waals surface area contributed by atoms with E-state index in [-0.39, 0.29) is 6.54 Å². The minimum Gasteiger partial charge on any atom is -0.478 e. The van der Waals surface area contributed by atoms with Crippen molar-refractivity contribution in [3.63, 3.8) is 0 Å². The Morgan fingerprint density at radius 2 is 1.41 bits per heavy atom. The van der Waals surface area contributed by atoms with E-state index in [4.69, 9.17) is 4.84 Å². The monoisotopic (exact) mass is 592 g/mol. The molecule has 0 fully saturated rings. The van der Waals surface area contributed by atoms with Crippen LogP contribution in [0.3, 0.4) is 0 Å². The van der Waals surface area contributed by atoms with Gasteiger partial charge in [-0.1, -0.05) is 65.8 Å². The van der Waals surface area contributed by atoms with Crippen LogP contribution in [0, 0.1) is 0 Å². The van der Waals surface area contributed by atoms with Crippen molar-refractivity contribution in [1.82, 2.24) is 4.90 Å². The number of benzene rings is 4. The van der Waals surface area contributed by atoms with E-state index in [9.17, 15) is 34.5 Å². The first-order valence-corrected chi connectivity index (χ1v) is 13.8. The fourth-order valence-corrected chi connectivity index (χ4v) is 5.44. The number of hydrogen-bond acceptors (Lipinski definition) is 6. The molecule has 44 heavy (non-hydrogen) atoms. The van der Waals surface area contributed by atoms with Gasteiger partial charge in [0.2, 0.25) is 0 Å². The second-order valence-electron chi connectivity index (χ2n) is 10.3. The summed E-state index contributed by atoms with van der Waals surface area (Å²) in [6.07, 6.45) is 3.72. The zero-order valence-corrected chi connectivity index (χ0v) is 23.4. The van der Waals surface area contributed by atoms with Crippen LogP contribution in [-0.4, -0.2) is 50.2 Å². The average Bonchev–Trinajstić information content (AvgIpc) is 3.03. The molecular weight excluding hydrogens is 564 g/mol. The van der Waals surface area contributed by atoms with E-state index in [1.807, 2.05) is 60.7 Å². The first-order valence-electron chi connectivity index (χ1n) is 13.8. The van der Waals surface area contributed by atoms with Crippen LogP contribution < -0.4 is 4.84 Å². The van der Waals surface area contributed by atoms with Crippen LogP contribution in [0.4, 0.5) is 0 Å². The fourth-order valence-electron chi connectivity index (χ4n) is 5.44. The molecule has 0 heterocycles. The van der Waals surface area contributed by atoms with Gasteiger partial charge in [0.25, 0.3) is 5.91 Å². The molecule has 10 heteroatoms. The summed E-state index contributed by atoms with van der Waals surface area (Å²) in [6.45, 7) is 0.0567. The number of hydrogen-bond donors (Lipinski definition) is 3. The van der Waals surface area contributed by atoms with Crippen LogP contribution in [0.1, 0.15) is 82.6 Å². The third kappa shape index (κ3) is 6.49. The number of amides is 1. The normalized spacial score (nSPS) is 14.0. The highest BCUT2D eigenvalue weighted by Gasteiger charge is 2.33. The third-order valence-corrected chi connectivity index (χ3v) is 7.46. The predicted molar refractivity (Wildman–Crippen MR) is 160 cm³/mol. The Morgan fingerprint density at radius 1 is 0.773 bits per heavy atom. The number of aryl methyl sites for hydroxylation is 1. The van der Waals surface area contributed by atoms with Crippen LogP contribution in [-0.2, 0) is 13.0 Å². The molecule has 3 N–H and O–H groups in total. The number of carboxylic acids is 3. The SMILES string of the molecule is O=C(O)c1cc(C(=O)O)c(C(=O)N(Cc2cccc(C=NOc3ccccc3)c2)[C@H]2CCCc3ccccc32)cc1C(=O)O. The van der Waals surface area contributed by atoms with Crippen molar-refractivity contribution in [2.24, 2.45) is 5.16 Å². The topological polar surface area (TPSA) is 154 Å². The van der Waals surface area contributed by atoms with Gasteiger partial charge in [0.15, 0.2) is 5.75 Å². The van der Waals surface area contributed by atoms with Crippen molar-refractivity contribution in [3.05, 3.63) is 136 Å². The Kier molecular flexibility index (Phi) is 8.80. The van der Waals surface area contributed by atoms with Gasteiger partial charge in [-0.2, -0.15) is 0 Å². The lowest BCUT2D eigenvalue weighted by Crippen LogP contribution is -2.37. The van der Waals surface area contributed by atoms with E-state index >= 15 is 0 Å². The summed E-state index contributed by atoms with van der Waals surface area (Å²) in [6, 6.07) is 25.1. The summed E-state index contributed by atoms with van der Waals surface area (Å²) in [7, 11) is 0. The molecule has 0 radical (unpaired) electrons. The Labute approximate surface area is 252 Å². The maximum Gasteiger partial charge on any atom is 0.336 e. The summed E-state index contributed by atoms with van der Waals surface area (Å²) in [5.74, 6) is -4.91. The molecule has 4 aromatic rings. The van der Waals surface area contributed by atoms with Crippen LogP contribution >= 0.6 is 0 Å². The summed E-state index contributed by atoms with van der Waals surface area (Å²) in [4.78, 5) is 57.2. The summed E-state index contributed by atoms with van der Waals surface area (Å²) < 4.78 is 0. The molecular formula is C34H28N2O8. The van der Waals surface area contributed by atoms with E-state index in [1.165, 1.54) is 11.1 Å². The molecule has 0 saturated heterocycles. The molecule has 222 valence electrons. The predicted octanol–water partition coefficient (Wildman–Crippen LogP) is 5.91.